The third kappa shape index (κ3) is 2.78. The van der Waals surface area contributed by atoms with Crippen LogP contribution in [0, 0.1) is 6.92 Å². The van der Waals surface area contributed by atoms with Crippen LogP contribution < -0.4 is 0 Å². The van der Waals surface area contributed by atoms with Gasteiger partial charge in [0.25, 0.3) is 0 Å². The van der Waals surface area contributed by atoms with Gasteiger partial charge in [-0.3, -0.25) is 0 Å². The van der Waals surface area contributed by atoms with E-state index < -0.39 is 0 Å². The Balaban J connectivity index is 0.000000640. The second kappa shape index (κ2) is 4.41. The first-order chi connectivity index (χ1) is 3.83. The van der Waals surface area contributed by atoms with Gasteiger partial charge in [0.2, 0.25) is 0 Å². The zero-order chi connectivity index (χ0) is 5.98. The average molecular weight is 273 g/mol. The first kappa shape index (κ1) is 9.59. The van der Waals surface area contributed by atoms with E-state index in [0.717, 1.165) is 16.0 Å². The summed E-state index contributed by atoms with van der Waals surface area (Å²) >= 11 is 5.00. The Hall–Kier alpha value is 0.590. The summed E-state index contributed by atoms with van der Waals surface area (Å²) in [6.07, 6.45) is 0. The van der Waals surface area contributed by atoms with Gasteiger partial charge in [-0.15, -0.1) is 28.3 Å². The molecule has 1 aromatic heterocycles. The normalized spacial score (nSPS) is 8.67. The summed E-state index contributed by atoms with van der Waals surface area (Å²) < 4.78 is 0. The van der Waals surface area contributed by atoms with E-state index in [1.807, 2.05) is 6.92 Å². The molecule has 0 saturated heterocycles. The Morgan fingerprint density at radius 3 is 2.67 bits per heavy atom. The van der Waals surface area contributed by atoms with Gasteiger partial charge in [-0.2, -0.15) is 0 Å². The molecular weight excluding hydrogens is 266 g/mol. The van der Waals surface area contributed by atoms with Crippen molar-refractivity contribution in [1.82, 2.24) is 4.98 Å². The van der Waals surface area contributed by atoms with Crippen LogP contribution in [-0.2, 0) is 5.33 Å². The van der Waals surface area contributed by atoms with Gasteiger partial charge in [0.15, 0.2) is 0 Å². The molecule has 0 N–H and O–H groups in total. The maximum absolute atomic E-state index is 4.20. The summed E-state index contributed by atoms with van der Waals surface area (Å²) in [5.74, 6) is 0. The van der Waals surface area contributed by atoms with E-state index >= 15 is 0 Å². The molecular formula is C5H7Br2NS. The maximum atomic E-state index is 4.20. The highest BCUT2D eigenvalue weighted by atomic mass is 79.9. The summed E-state index contributed by atoms with van der Waals surface area (Å²) in [6.45, 7) is 2.01. The molecule has 52 valence electrons. The van der Waals surface area contributed by atoms with Gasteiger partial charge in [0, 0.05) is 10.7 Å². The number of aryl methyl sites for hydroxylation is 1. The predicted molar refractivity (Wildman–Crippen MR) is 49.8 cm³/mol. The first-order valence-corrected chi connectivity index (χ1v) is 4.30. The molecule has 1 nitrogen and oxygen atoms in total. The summed E-state index contributed by atoms with van der Waals surface area (Å²) in [5, 5.41) is 4.07. The summed E-state index contributed by atoms with van der Waals surface area (Å²) in [7, 11) is 0. The molecule has 0 atom stereocenters. The van der Waals surface area contributed by atoms with Crippen LogP contribution >= 0.6 is 44.2 Å². The Kier molecular flexibility index (Phi) is 4.70. The number of rotatable bonds is 1. The lowest BCUT2D eigenvalue weighted by molar-refractivity contribution is 1.19. The Bertz CT molecular complexity index is 175. The molecule has 1 rings (SSSR count). The average Bonchev–Trinajstić information content (AvgIpc) is 2.14. The third-order valence-corrected chi connectivity index (χ3v) is 2.20. The Morgan fingerprint density at radius 1 is 1.78 bits per heavy atom. The third-order valence-electron chi connectivity index (χ3n) is 0.803. The van der Waals surface area contributed by atoms with E-state index in [1.54, 1.807) is 11.3 Å². The van der Waals surface area contributed by atoms with Crippen molar-refractivity contribution in [3.8, 4) is 0 Å². The quantitative estimate of drug-likeness (QED) is 0.717. The number of nitrogens with zero attached hydrogens (tertiary/aromatic N) is 1. The molecule has 0 fully saturated rings. The van der Waals surface area contributed by atoms with Gasteiger partial charge in [0.1, 0.15) is 0 Å². The standard InChI is InChI=1S/C5H6BrNS.BrH/c1-4-7-5(2-6)3-8-4;/h3H,2H2,1H3;1H. The lowest BCUT2D eigenvalue weighted by Crippen LogP contribution is -1.73. The van der Waals surface area contributed by atoms with Gasteiger partial charge in [-0.25, -0.2) is 4.98 Å². The topological polar surface area (TPSA) is 12.9 Å². The minimum absolute atomic E-state index is 0. The highest BCUT2D eigenvalue weighted by Gasteiger charge is 1.92. The molecule has 1 heterocycles. The summed E-state index contributed by atoms with van der Waals surface area (Å²) in [4.78, 5) is 4.20. The van der Waals surface area contributed by atoms with E-state index in [9.17, 15) is 0 Å². The lowest BCUT2D eigenvalue weighted by Gasteiger charge is -1.78. The lowest BCUT2D eigenvalue weighted by atomic mass is 10.6. The molecule has 0 aliphatic heterocycles. The fraction of sp³-hybridized carbons (Fsp3) is 0.400. The van der Waals surface area contributed by atoms with Gasteiger partial charge in [0.05, 0.1) is 10.7 Å². The summed E-state index contributed by atoms with van der Waals surface area (Å²) in [6, 6.07) is 0. The first-order valence-electron chi connectivity index (χ1n) is 2.30. The number of hydrogen-bond acceptors (Lipinski definition) is 2. The number of halogens is 2. The largest absolute Gasteiger partial charge is 0.246 e. The van der Waals surface area contributed by atoms with Crippen molar-refractivity contribution in [3.63, 3.8) is 0 Å². The fourth-order valence-corrected chi connectivity index (χ4v) is 1.58. The van der Waals surface area contributed by atoms with Crippen molar-refractivity contribution in [2.45, 2.75) is 12.3 Å². The molecule has 1 aromatic rings. The highest BCUT2D eigenvalue weighted by Crippen LogP contribution is 2.09. The maximum Gasteiger partial charge on any atom is 0.0897 e. The molecule has 0 radical (unpaired) electrons. The minimum atomic E-state index is 0. The second-order valence-electron chi connectivity index (χ2n) is 1.49. The van der Waals surface area contributed by atoms with Gasteiger partial charge in [-0.1, -0.05) is 15.9 Å². The Morgan fingerprint density at radius 2 is 2.44 bits per heavy atom. The molecule has 0 bridgehead atoms. The molecule has 4 heteroatoms. The molecule has 0 aliphatic rings. The Labute approximate surface area is 77.4 Å². The van der Waals surface area contributed by atoms with E-state index in [2.05, 4.69) is 26.3 Å². The van der Waals surface area contributed by atoms with E-state index in [4.69, 9.17) is 0 Å². The molecule has 0 amide bonds. The second-order valence-corrected chi connectivity index (χ2v) is 3.11. The highest BCUT2D eigenvalue weighted by molar-refractivity contribution is 9.08. The molecule has 0 aliphatic carbocycles. The smallest absolute Gasteiger partial charge is 0.0897 e. The van der Waals surface area contributed by atoms with Crippen LogP contribution in [0.1, 0.15) is 10.7 Å². The van der Waals surface area contributed by atoms with Crippen LogP contribution in [0.2, 0.25) is 0 Å². The predicted octanol–water partition coefficient (Wildman–Crippen LogP) is 2.92. The molecule has 0 spiro atoms. The molecule has 0 unspecified atom stereocenters. The van der Waals surface area contributed by atoms with Gasteiger partial charge in [-0.05, 0) is 6.92 Å². The van der Waals surface area contributed by atoms with Crippen molar-refractivity contribution >= 4 is 44.2 Å². The van der Waals surface area contributed by atoms with Crippen LogP contribution in [0.15, 0.2) is 5.38 Å². The van der Waals surface area contributed by atoms with Crippen LogP contribution in [0.25, 0.3) is 0 Å². The van der Waals surface area contributed by atoms with Crippen LogP contribution in [0.5, 0.6) is 0 Å². The fourth-order valence-electron chi connectivity index (χ4n) is 0.470. The van der Waals surface area contributed by atoms with Crippen molar-refractivity contribution in [2.75, 3.05) is 0 Å². The number of hydrogen-bond donors (Lipinski definition) is 0. The zero-order valence-corrected chi connectivity index (χ0v) is 9.04. The molecule has 0 aromatic carbocycles. The van der Waals surface area contributed by atoms with Crippen LogP contribution in [-0.4, -0.2) is 4.98 Å². The number of thiazole rings is 1. The van der Waals surface area contributed by atoms with Crippen molar-refractivity contribution < 1.29 is 0 Å². The zero-order valence-electron chi connectivity index (χ0n) is 4.93. The molecule has 0 saturated carbocycles. The van der Waals surface area contributed by atoms with E-state index in [1.165, 1.54) is 0 Å². The van der Waals surface area contributed by atoms with Crippen molar-refractivity contribution in [3.05, 3.63) is 16.1 Å². The van der Waals surface area contributed by atoms with E-state index in [0.29, 0.717) is 0 Å². The molecule has 9 heavy (non-hydrogen) atoms. The van der Waals surface area contributed by atoms with Crippen LogP contribution in [0.4, 0.5) is 0 Å². The minimum Gasteiger partial charge on any atom is -0.246 e. The van der Waals surface area contributed by atoms with Gasteiger partial charge < -0.3 is 0 Å². The summed E-state index contributed by atoms with van der Waals surface area (Å²) in [5.41, 5.74) is 1.13. The number of alkyl halides is 1. The SMILES string of the molecule is Br.Cc1nc(CBr)cs1. The van der Waals surface area contributed by atoms with Crippen molar-refractivity contribution in [2.24, 2.45) is 0 Å². The monoisotopic (exact) mass is 271 g/mol. The van der Waals surface area contributed by atoms with Crippen molar-refractivity contribution in [1.29, 1.82) is 0 Å². The van der Waals surface area contributed by atoms with Gasteiger partial charge >= 0.3 is 0 Å². The number of aromatic nitrogens is 1. The van der Waals surface area contributed by atoms with Crippen LogP contribution in [0.3, 0.4) is 0 Å². The van der Waals surface area contributed by atoms with E-state index in [-0.39, 0.29) is 17.0 Å².